The molecule has 1 aromatic rings. The van der Waals surface area contributed by atoms with Crippen LogP contribution in [0.5, 0.6) is 0 Å². The fourth-order valence-corrected chi connectivity index (χ4v) is 4.33. The van der Waals surface area contributed by atoms with E-state index in [4.69, 9.17) is 0 Å². The van der Waals surface area contributed by atoms with Crippen molar-refractivity contribution >= 4 is 17.5 Å². The molecule has 2 atom stereocenters. The molecule has 31 heavy (non-hydrogen) atoms. The van der Waals surface area contributed by atoms with Gasteiger partial charge < -0.3 is 20.4 Å². The average Bonchev–Trinajstić information content (AvgIpc) is 3.38. The molecule has 1 aliphatic heterocycles. The summed E-state index contributed by atoms with van der Waals surface area (Å²) in [6, 6.07) is 0. The van der Waals surface area contributed by atoms with Gasteiger partial charge in [-0.1, -0.05) is 17.7 Å². The maximum absolute atomic E-state index is 12.9. The van der Waals surface area contributed by atoms with Crippen LogP contribution in [0.2, 0.25) is 0 Å². The molecule has 2 aliphatic carbocycles. The number of likely N-dealkylation sites (N-methyl/N-ethyl adjacent to an activating group) is 1. The molecule has 1 saturated heterocycles. The fraction of sp³-hybridized carbons (Fsp3) is 0.591. The Bertz CT molecular complexity index is 871. The number of halogens is 1. The van der Waals surface area contributed by atoms with Gasteiger partial charge in [0.25, 0.3) is 5.91 Å². The van der Waals surface area contributed by atoms with E-state index in [2.05, 4.69) is 56.8 Å². The number of carbonyl (C=O) groups is 2. The molecule has 0 aromatic carbocycles. The van der Waals surface area contributed by atoms with E-state index in [1.54, 1.807) is 0 Å². The van der Waals surface area contributed by atoms with Crippen LogP contribution < -0.4 is 10.6 Å². The van der Waals surface area contributed by atoms with Gasteiger partial charge in [-0.2, -0.15) is 5.10 Å². The zero-order chi connectivity index (χ0) is 21.1. The van der Waals surface area contributed by atoms with Crippen LogP contribution in [0.25, 0.3) is 0 Å². The molecule has 0 bridgehead atoms. The molecule has 1 aromatic heterocycles. The smallest absolute Gasteiger partial charge is 0.275 e. The van der Waals surface area contributed by atoms with Crippen LogP contribution in [0, 0.1) is 11.8 Å². The zero-order valence-electron chi connectivity index (χ0n) is 18.3. The first kappa shape index (κ1) is 23.1. The van der Waals surface area contributed by atoms with Gasteiger partial charge in [0, 0.05) is 55.0 Å². The summed E-state index contributed by atoms with van der Waals surface area (Å²) >= 11 is 0. The Morgan fingerprint density at radius 3 is 2.68 bits per heavy atom. The summed E-state index contributed by atoms with van der Waals surface area (Å²) in [5.41, 5.74) is 3.16. The average molecular weight is 439 g/mol. The number of allylic oxidation sites excluding steroid dienone is 4. The van der Waals surface area contributed by atoms with Crippen molar-refractivity contribution in [3.05, 3.63) is 35.3 Å². The third kappa shape index (κ3) is 5.80. The summed E-state index contributed by atoms with van der Waals surface area (Å²) in [6.07, 6.45) is 9.37. The SMILES string of the molecule is C/C1=C/CC/C=C(/NC(=O)c2[nH]ncc2NC(=O)CCN2CCN(C)CC2)C2CC12.F.[HH].[HH].[HH]. The van der Waals surface area contributed by atoms with Crippen LogP contribution in [0.3, 0.4) is 0 Å². The number of rotatable bonds is 6. The molecule has 176 valence electrons. The monoisotopic (exact) mass is 438 g/mol. The van der Waals surface area contributed by atoms with Crippen molar-refractivity contribution in [2.24, 2.45) is 11.8 Å². The lowest BCUT2D eigenvalue weighted by atomic mass is 10.0. The number of hydrogen-bond acceptors (Lipinski definition) is 5. The summed E-state index contributed by atoms with van der Waals surface area (Å²) in [5.74, 6) is 0.598. The Labute approximate surface area is 186 Å². The van der Waals surface area contributed by atoms with E-state index in [1.165, 1.54) is 11.8 Å². The van der Waals surface area contributed by atoms with Gasteiger partial charge in [0.2, 0.25) is 5.91 Å². The van der Waals surface area contributed by atoms with Gasteiger partial charge in [-0.3, -0.25) is 19.4 Å². The van der Waals surface area contributed by atoms with Gasteiger partial charge in [0.05, 0.1) is 11.9 Å². The standard InChI is InChI=1S/C22H32N6O2.FH.3H2/c1-15-5-3-4-6-18(17-13-16(15)17)25-22(30)21-19(14-23-26-21)24-20(29)7-8-28-11-9-27(2)10-12-28;;;;/h5-6,14,16-17H,3-4,7-13H2,1-2H3,(H,23,26)(H,24,29)(H,25,30);4*1H/b15-5-,18-6+;;;;. The quantitative estimate of drug-likeness (QED) is 0.594. The maximum Gasteiger partial charge on any atom is 0.275 e. The van der Waals surface area contributed by atoms with Gasteiger partial charge >= 0.3 is 0 Å². The highest BCUT2D eigenvalue weighted by Gasteiger charge is 2.41. The van der Waals surface area contributed by atoms with Crippen molar-refractivity contribution in [2.75, 3.05) is 45.1 Å². The number of amides is 2. The van der Waals surface area contributed by atoms with Gasteiger partial charge in [-0.15, -0.1) is 0 Å². The number of nitrogens with one attached hydrogen (secondary N) is 3. The largest absolute Gasteiger partial charge is 0.324 e. The van der Waals surface area contributed by atoms with E-state index in [0.29, 0.717) is 29.6 Å². The summed E-state index contributed by atoms with van der Waals surface area (Å²) in [4.78, 5) is 29.9. The summed E-state index contributed by atoms with van der Waals surface area (Å²) in [6.45, 7) is 6.92. The first-order valence-electron chi connectivity index (χ1n) is 10.9. The summed E-state index contributed by atoms with van der Waals surface area (Å²) in [7, 11) is 2.11. The van der Waals surface area contributed by atoms with E-state index in [1.807, 2.05) is 0 Å². The van der Waals surface area contributed by atoms with Crippen molar-refractivity contribution in [3.8, 4) is 0 Å². The van der Waals surface area contributed by atoms with Crippen LogP contribution >= 0.6 is 0 Å². The second-order valence-electron chi connectivity index (χ2n) is 8.69. The van der Waals surface area contributed by atoms with Crippen LogP contribution in [-0.2, 0) is 4.79 Å². The number of hydrogen-bond donors (Lipinski definition) is 3. The molecular formula is C22H39FN6O2. The second-order valence-corrected chi connectivity index (χ2v) is 8.69. The van der Waals surface area contributed by atoms with Crippen molar-refractivity contribution < 1.29 is 18.6 Å². The lowest BCUT2D eigenvalue weighted by molar-refractivity contribution is -0.116. The Balaban J connectivity index is 0.00000272. The lowest BCUT2D eigenvalue weighted by Crippen LogP contribution is -2.45. The van der Waals surface area contributed by atoms with Crippen molar-refractivity contribution in [2.45, 2.75) is 32.6 Å². The van der Waals surface area contributed by atoms with Crippen molar-refractivity contribution in [1.29, 1.82) is 0 Å². The number of aromatic amines is 1. The minimum absolute atomic E-state index is 0. The predicted octanol–water partition coefficient (Wildman–Crippen LogP) is 2.87. The topological polar surface area (TPSA) is 93.4 Å². The van der Waals surface area contributed by atoms with E-state index >= 15 is 0 Å². The molecule has 0 radical (unpaired) electrons. The molecule has 9 heteroatoms. The second kappa shape index (κ2) is 10.2. The predicted molar refractivity (Wildman–Crippen MR) is 125 cm³/mol. The van der Waals surface area contributed by atoms with E-state index in [0.717, 1.165) is 57.7 Å². The first-order chi connectivity index (χ1) is 14.5. The molecule has 2 fully saturated rings. The molecule has 1 saturated carbocycles. The molecule has 8 nitrogen and oxygen atoms in total. The minimum Gasteiger partial charge on any atom is -0.324 e. The molecule has 2 unspecified atom stereocenters. The van der Waals surface area contributed by atoms with E-state index < -0.39 is 0 Å². The van der Waals surface area contributed by atoms with Gasteiger partial charge in [0.1, 0.15) is 5.69 Å². The Morgan fingerprint density at radius 2 is 1.90 bits per heavy atom. The van der Waals surface area contributed by atoms with E-state index in [-0.39, 0.29) is 20.8 Å². The van der Waals surface area contributed by atoms with Crippen molar-refractivity contribution in [3.63, 3.8) is 0 Å². The highest BCUT2D eigenvalue weighted by Crippen LogP contribution is 2.49. The van der Waals surface area contributed by atoms with Gasteiger partial charge in [-0.05, 0) is 39.2 Å². The Hall–Kier alpha value is -2.52. The maximum atomic E-state index is 12.9. The summed E-state index contributed by atoms with van der Waals surface area (Å²) < 4.78 is 0. The molecule has 2 amide bonds. The molecule has 0 spiro atoms. The minimum atomic E-state index is -0.249. The number of piperazine rings is 1. The normalized spacial score (nSPS) is 27.3. The Kier molecular flexibility index (Phi) is 7.61. The number of nitrogens with zero attached hydrogens (tertiary/aromatic N) is 3. The van der Waals surface area contributed by atoms with Gasteiger partial charge in [0.15, 0.2) is 0 Å². The molecule has 4 rings (SSSR count). The number of H-pyrrole nitrogens is 1. The third-order valence-electron chi connectivity index (χ3n) is 6.42. The number of fused-ring (bicyclic) bond motifs is 1. The third-order valence-corrected chi connectivity index (χ3v) is 6.42. The van der Waals surface area contributed by atoms with Crippen LogP contribution in [0.4, 0.5) is 10.4 Å². The van der Waals surface area contributed by atoms with Crippen LogP contribution in [-0.4, -0.2) is 71.6 Å². The summed E-state index contributed by atoms with van der Waals surface area (Å²) in [5, 5.41) is 12.6. The highest BCUT2D eigenvalue weighted by molar-refractivity contribution is 6.02. The number of aromatic nitrogens is 2. The number of carbonyl (C=O) groups excluding carboxylic acids is 2. The molecule has 2 heterocycles. The van der Waals surface area contributed by atoms with E-state index in [9.17, 15) is 9.59 Å². The van der Waals surface area contributed by atoms with Crippen LogP contribution in [0.15, 0.2) is 29.6 Å². The lowest BCUT2D eigenvalue weighted by Gasteiger charge is -2.32. The highest BCUT2D eigenvalue weighted by atomic mass is 19.0. The number of anilines is 1. The van der Waals surface area contributed by atoms with Gasteiger partial charge in [-0.25, -0.2) is 0 Å². The van der Waals surface area contributed by atoms with Crippen LogP contribution in [0.1, 0.15) is 47.4 Å². The fourth-order valence-electron chi connectivity index (χ4n) is 4.33. The molecular weight excluding hydrogens is 399 g/mol. The molecule has 3 N–H and O–H groups in total. The molecule has 3 aliphatic rings. The Morgan fingerprint density at radius 1 is 1.16 bits per heavy atom. The van der Waals surface area contributed by atoms with Crippen molar-refractivity contribution in [1.82, 2.24) is 25.3 Å². The zero-order valence-corrected chi connectivity index (χ0v) is 18.3. The first-order valence-corrected chi connectivity index (χ1v) is 10.9.